The zero-order chi connectivity index (χ0) is 18.7. The average Bonchev–Trinajstić information content (AvgIpc) is 2.65. The highest BCUT2D eigenvalue weighted by atomic mass is 15.4. The summed E-state index contributed by atoms with van der Waals surface area (Å²) in [5.41, 5.74) is 7.99. The van der Waals surface area contributed by atoms with Gasteiger partial charge in [-0.3, -0.25) is 5.01 Å². The first-order valence-corrected chi connectivity index (χ1v) is 9.13. The fraction of sp³-hybridized carbons (Fsp3) is 0.217. The highest BCUT2D eigenvalue weighted by Gasteiger charge is 2.32. The van der Waals surface area contributed by atoms with Crippen molar-refractivity contribution in [3.05, 3.63) is 72.8 Å². The minimum atomic E-state index is 0.398. The van der Waals surface area contributed by atoms with Crippen molar-refractivity contribution < 1.29 is 0 Å². The quantitative estimate of drug-likeness (QED) is 0.756. The smallest absolute Gasteiger partial charge is 0.0582 e. The molecule has 0 spiro atoms. The third-order valence-corrected chi connectivity index (χ3v) is 5.88. The van der Waals surface area contributed by atoms with Crippen molar-refractivity contribution >= 4 is 33.6 Å². The molecule has 132 valence electrons. The van der Waals surface area contributed by atoms with Gasteiger partial charge >= 0.3 is 0 Å². The van der Waals surface area contributed by atoms with Gasteiger partial charge in [-0.25, -0.2) is 5.84 Å². The van der Waals surface area contributed by atoms with Crippen LogP contribution in [0.4, 0.5) is 0 Å². The van der Waals surface area contributed by atoms with E-state index in [2.05, 4.69) is 69.3 Å². The zero-order valence-electron chi connectivity index (χ0n) is 15.6. The van der Waals surface area contributed by atoms with E-state index >= 15 is 0 Å². The minimum absolute atomic E-state index is 0.398. The molecular formula is C23H25N3. The summed E-state index contributed by atoms with van der Waals surface area (Å²) in [6.07, 6.45) is 2.11. The number of benzene rings is 2. The van der Waals surface area contributed by atoms with Gasteiger partial charge < -0.3 is 4.90 Å². The van der Waals surface area contributed by atoms with Crippen LogP contribution in [0.1, 0.15) is 48.9 Å². The molecule has 0 aromatic heterocycles. The fourth-order valence-corrected chi connectivity index (χ4v) is 4.40. The van der Waals surface area contributed by atoms with Gasteiger partial charge in [0.05, 0.1) is 11.4 Å². The van der Waals surface area contributed by atoms with Crippen molar-refractivity contribution in [2.24, 2.45) is 5.84 Å². The molecule has 2 heterocycles. The van der Waals surface area contributed by atoms with E-state index in [1.54, 1.807) is 5.01 Å². The number of rotatable bonds is 3. The van der Waals surface area contributed by atoms with Gasteiger partial charge in [-0.15, -0.1) is 0 Å². The van der Waals surface area contributed by atoms with E-state index in [4.69, 9.17) is 5.84 Å². The molecule has 0 amide bonds. The summed E-state index contributed by atoms with van der Waals surface area (Å²) in [4.78, 5) is 2.31. The summed E-state index contributed by atoms with van der Waals surface area (Å²) < 4.78 is 0. The Hall–Kier alpha value is -2.78. The Labute approximate surface area is 155 Å². The summed E-state index contributed by atoms with van der Waals surface area (Å²) in [6, 6.07) is 8.88. The molecule has 2 aromatic carbocycles. The van der Waals surface area contributed by atoms with E-state index in [0.29, 0.717) is 6.04 Å². The van der Waals surface area contributed by atoms with Crippen molar-refractivity contribution in [1.29, 1.82) is 0 Å². The predicted molar refractivity (Wildman–Crippen MR) is 112 cm³/mol. The topological polar surface area (TPSA) is 32.5 Å². The first kappa shape index (κ1) is 16.7. The van der Waals surface area contributed by atoms with Crippen LogP contribution in [0.25, 0.3) is 33.6 Å². The molecule has 0 saturated carbocycles. The number of hydrazine groups is 1. The van der Waals surface area contributed by atoms with Crippen LogP contribution < -0.4 is 5.84 Å². The van der Waals surface area contributed by atoms with Gasteiger partial charge in [-0.2, -0.15) is 0 Å². The Balaban J connectivity index is 2.06. The molecule has 0 unspecified atom stereocenters. The van der Waals surface area contributed by atoms with Gasteiger partial charge in [0.2, 0.25) is 0 Å². The molecule has 2 N–H and O–H groups in total. The monoisotopic (exact) mass is 343 g/mol. The largest absolute Gasteiger partial charge is 0.338 e. The SMILES string of the molecule is C=C1c2ccc3c4c(ccc(c24)C(=C)N1N)C(=C)N(C(CC)CC)C3=C. The number of nitrogens with two attached hydrogens (primary N) is 1. The summed E-state index contributed by atoms with van der Waals surface area (Å²) >= 11 is 0. The lowest BCUT2D eigenvalue weighted by molar-refractivity contribution is 0.377. The Morgan fingerprint density at radius 1 is 0.731 bits per heavy atom. The van der Waals surface area contributed by atoms with E-state index in [1.807, 2.05) is 0 Å². The van der Waals surface area contributed by atoms with E-state index in [0.717, 1.165) is 63.3 Å². The summed E-state index contributed by atoms with van der Waals surface area (Å²) in [5.74, 6) is 6.18. The lowest BCUT2D eigenvalue weighted by Crippen LogP contribution is -2.34. The first-order valence-electron chi connectivity index (χ1n) is 9.13. The maximum atomic E-state index is 6.18. The number of nitrogens with zero attached hydrogens (tertiary/aromatic N) is 2. The van der Waals surface area contributed by atoms with Crippen LogP contribution in [0.15, 0.2) is 50.6 Å². The summed E-state index contributed by atoms with van der Waals surface area (Å²) in [5, 5.41) is 3.92. The highest BCUT2D eigenvalue weighted by Crippen LogP contribution is 2.48. The van der Waals surface area contributed by atoms with Crippen molar-refractivity contribution in [1.82, 2.24) is 9.91 Å². The Kier molecular flexibility index (Phi) is 3.60. The third-order valence-electron chi connectivity index (χ3n) is 5.88. The van der Waals surface area contributed by atoms with Gasteiger partial charge in [0, 0.05) is 50.5 Å². The molecule has 0 saturated heterocycles. The Bertz CT molecular complexity index is 937. The second-order valence-corrected chi connectivity index (χ2v) is 7.07. The van der Waals surface area contributed by atoms with Crippen molar-refractivity contribution in [3.8, 4) is 0 Å². The standard InChI is InChI=1S/C23H25N3/c1-7-17(8-2)25-13(3)18-9-11-20-15(5)26(24)16(6)21-12-10-19(14(25)4)22(18)23(20)21/h9-12,17H,3-8,24H2,1-2H3. The molecule has 3 nitrogen and oxygen atoms in total. The molecule has 2 aromatic rings. The van der Waals surface area contributed by atoms with Crippen molar-refractivity contribution in [2.75, 3.05) is 0 Å². The Morgan fingerprint density at radius 3 is 1.42 bits per heavy atom. The average molecular weight is 343 g/mol. The molecule has 0 bridgehead atoms. The molecule has 0 radical (unpaired) electrons. The summed E-state index contributed by atoms with van der Waals surface area (Å²) in [7, 11) is 0. The van der Waals surface area contributed by atoms with Crippen LogP contribution in [0.3, 0.4) is 0 Å². The first-order chi connectivity index (χ1) is 12.4. The normalized spacial score (nSPS) is 16.3. The number of hydrogen-bond acceptors (Lipinski definition) is 3. The number of hydrogen-bond donors (Lipinski definition) is 1. The van der Waals surface area contributed by atoms with Crippen LogP contribution in [-0.4, -0.2) is 16.0 Å². The van der Waals surface area contributed by atoms with Crippen molar-refractivity contribution in [2.45, 2.75) is 32.7 Å². The second kappa shape index (κ2) is 5.61. The zero-order valence-corrected chi connectivity index (χ0v) is 15.6. The molecular weight excluding hydrogens is 318 g/mol. The third kappa shape index (κ3) is 1.92. The lowest BCUT2D eigenvalue weighted by atomic mass is 9.83. The lowest BCUT2D eigenvalue weighted by Gasteiger charge is -2.41. The maximum Gasteiger partial charge on any atom is 0.0582 e. The molecule has 0 fully saturated rings. The fourth-order valence-electron chi connectivity index (χ4n) is 4.40. The van der Waals surface area contributed by atoms with E-state index in [9.17, 15) is 0 Å². The molecule has 3 heteroatoms. The van der Waals surface area contributed by atoms with E-state index < -0.39 is 0 Å². The predicted octanol–water partition coefficient (Wildman–Crippen LogP) is 5.42. The molecule has 2 aliphatic rings. The molecule has 2 aliphatic heterocycles. The summed E-state index contributed by atoms with van der Waals surface area (Å²) in [6.45, 7) is 21.6. The van der Waals surface area contributed by atoms with Crippen LogP contribution in [0.2, 0.25) is 0 Å². The van der Waals surface area contributed by atoms with Gasteiger partial charge in [-0.05, 0) is 12.8 Å². The molecule has 0 aliphatic carbocycles. The van der Waals surface area contributed by atoms with Crippen LogP contribution >= 0.6 is 0 Å². The second-order valence-electron chi connectivity index (χ2n) is 7.07. The van der Waals surface area contributed by atoms with Crippen LogP contribution in [0.5, 0.6) is 0 Å². The molecule has 26 heavy (non-hydrogen) atoms. The van der Waals surface area contributed by atoms with Crippen LogP contribution in [-0.2, 0) is 0 Å². The van der Waals surface area contributed by atoms with Gasteiger partial charge in [0.15, 0.2) is 0 Å². The van der Waals surface area contributed by atoms with Crippen molar-refractivity contribution in [3.63, 3.8) is 0 Å². The highest BCUT2D eigenvalue weighted by molar-refractivity contribution is 6.14. The van der Waals surface area contributed by atoms with Crippen LogP contribution in [0, 0.1) is 0 Å². The van der Waals surface area contributed by atoms with Gasteiger partial charge in [0.25, 0.3) is 0 Å². The minimum Gasteiger partial charge on any atom is -0.338 e. The van der Waals surface area contributed by atoms with E-state index in [-0.39, 0.29) is 0 Å². The van der Waals surface area contributed by atoms with E-state index in [1.165, 1.54) is 5.39 Å². The van der Waals surface area contributed by atoms with Gasteiger partial charge in [-0.1, -0.05) is 64.4 Å². The molecule has 0 atom stereocenters. The Morgan fingerprint density at radius 2 is 1.08 bits per heavy atom. The van der Waals surface area contributed by atoms with Gasteiger partial charge in [0.1, 0.15) is 0 Å². The molecule has 4 rings (SSSR count). The maximum absolute atomic E-state index is 6.18.